The van der Waals surface area contributed by atoms with E-state index >= 15 is 0 Å². The molecule has 0 saturated heterocycles. The normalized spacial score (nSPS) is 11.0. The van der Waals surface area contributed by atoms with Crippen molar-refractivity contribution >= 4 is 11.6 Å². The Bertz CT molecular complexity index is 804. The summed E-state index contributed by atoms with van der Waals surface area (Å²) in [5, 5.41) is 11.4. The van der Waals surface area contributed by atoms with E-state index < -0.39 is 0 Å². The number of aryl methyl sites for hydroxylation is 2. The summed E-state index contributed by atoms with van der Waals surface area (Å²) in [7, 11) is 0. The van der Waals surface area contributed by atoms with Gasteiger partial charge in [-0.05, 0) is 31.9 Å². The molecular weight excluding hydrogens is 302 g/mol. The number of nitrogens with one attached hydrogen (secondary N) is 1. The van der Waals surface area contributed by atoms with Crippen LogP contribution >= 0.6 is 0 Å². The summed E-state index contributed by atoms with van der Waals surface area (Å²) in [6.45, 7) is 4.81. The van der Waals surface area contributed by atoms with E-state index in [1.807, 2.05) is 44.4 Å². The Labute approximate surface area is 141 Å². The summed E-state index contributed by atoms with van der Waals surface area (Å²) in [4.78, 5) is 12.3. The molecule has 0 atom stereocenters. The van der Waals surface area contributed by atoms with E-state index in [9.17, 15) is 4.79 Å². The number of benzene rings is 1. The number of amides is 1. The summed E-state index contributed by atoms with van der Waals surface area (Å²) < 4.78 is 3.59. The van der Waals surface area contributed by atoms with E-state index in [1.54, 1.807) is 21.6 Å². The first-order valence-electron chi connectivity index (χ1n) is 8.05. The summed E-state index contributed by atoms with van der Waals surface area (Å²) in [5.41, 5.74) is 2.33. The highest BCUT2D eigenvalue weighted by Gasteiger charge is 2.11. The zero-order chi connectivity index (χ0) is 16.9. The number of aromatic nitrogens is 4. The zero-order valence-electron chi connectivity index (χ0n) is 13.9. The largest absolute Gasteiger partial charge is 0.318 e. The fraction of sp³-hybridized carbons (Fsp3) is 0.278. The van der Waals surface area contributed by atoms with Gasteiger partial charge in [0.25, 0.3) is 5.91 Å². The van der Waals surface area contributed by atoms with Crippen molar-refractivity contribution in [2.75, 3.05) is 5.32 Å². The Kier molecular flexibility index (Phi) is 4.74. The maximum absolute atomic E-state index is 12.3. The second-order valence-electron chi connectivity index (χ2n) is 5.96. The number of carbonyl (C=O) groups excluding carboxylic acids is 1. The Morgan fingerprint density at radius 1 is 1.21 bits per heavy atom. The number of hydrogen-bond acceptors (Lipinski definition) is 3. The SMILES string of the molecule is CC(C)n1cc(NC(=O)c2ccn(CCc3ccccc3)n2)cn1. The predicted molar refractivity (Wildman–Crippen MR) is 92.9 cm³/mol. The lowest BCUT2D eigenvalue weighted by atomic mass is 10.2. The van der Waals surface area contributed by atoms with Crippen LogP contribution in [0.3, 0.4) is 0 Å². The molecule has 124 valence electrons. The minimum atomic E-state index is -0.225. The van der Waals surface area contributed by atoms with Crippen molar-refractivity contribution < 1.29 is 4.79 Å². The molecule has 0 aliphatic carbocycles. The van der Waals surface area contributed by atoms with Gasteiger partial charge in [-0.1, -0.05) is 30.3 Å². The molecule has 0 saturated carbocycles. The maximum atomic E-state index is 12.3. The first-order chi connectivity index (χ1) is 11.6. The maximum Gasteiger partial charge on any atom is 0.276 e. The average molecular weight is 323 g/mol. The van der Waals surface area contributed by atoms with Crippen molar-refractivity contribution in [3.8, 4) is 0 Å². The van der Waals surface area contributed by atoms with Gasteiger partial charge in [-0.2, -0.15) is 10.2 Å². The van der Waals surface area contributed by atoms with Gasteiger partial charge in [0, 0.05) is 25.0 Å². The zero-order valence-corrected chi connectivity index (χ0v) is 13.9. The van der Waals surface area contributed by atoms with Crippen LogP contribution in [-0.4, -0.2) is 25.5 Å². The van der Waals surface area contributed by atoms with Crippen LogP contribution in [0, 0.1) is 0 Å². The highest BCUT2D eigenvalue weighted by atomic mass is 16.2. The van der Waals surface area contributed by atoms with Crippen molar-refractivity contribution in [3.63, 3.8) is 0 Å². The number of anilines is 1. The lowest BCUT2D eigenvalue weighted by Gasteiger charge is -2.03. The molecular formula is C18H21N5O. The van der Waals surface area contributed by atoms with Crippen molar-refractivity contribution in [3.05, 3.63) is 66.2 Å². The molecule has 0 aliphatic rings. The predicted octanol–water partition coefficient (Wildman–Crippen LogP) is 3.16. The molecule has 1 amide bonds. The van der Waals surface area contributed by atoms with Crippen LogP contribution in [0.2, 0.25) is 0 Å². The molecule has 6 nitrogen and oxygen atoms in total. The monoisotopic (exact) mass is 323 g/mol. The molecule has 6 heteroatoms. The second kappa shape index (κ2) is 7.12. The van der Waals surface area contributed by atoms with Gasteiger partial charge in [0.2, 0.25) is 0 Å². The minimum Gasteiger partial charge on any atom is -0.318 e. The van der Waals surface area contributed by atoms with Crippen LogP contribution in [0.25, 0.3) is 0 Å². The van der Waals surface area contributed by atoms with Gasteiger partial charge < -0.3 is 5.32 Å². The molecule has 1 N–H and O–H groups in total. The van der Waals surface area contributed by atoms with Crippen LogP contribution in [0.1, 0.15) is 35.9 Å². The van der Waals surface area contributed by atoms with Crippen LogP contribution in [0.5, 0.6) is 0 Å². The topological polar surface area (TPSA) is 64.7 Å². The summed E-state index contributed by atoms with van der Waals surface area (Å²) >= 11 is 0. The summed E-state index contributed by atoms with van der Waals surface area (Å²) in [6.07, 6.45) is 6.17. The highest BCUT2D eigenvalue weighted by Crippen LogP contribution is 2.11. The van der Waals surface area contributed by atoms with Crippen LogP contribution < -0.4 is 5.32 Å². The summed E-state index contributed by atoms with van der Waals surface area (Å²) in [6, 6.07) is 12.2. The Hall–Kier alpha value is -2.89. The van der Waals surface area contributed by atoms with Gasteiger partial charge in [0.1, 0.15) is 0 Å². The van der Waals surface area contributed by atoms with Crippen LogP contribution in [0.4, 0.5) is 5.69 Å². The van der Waals surface area contributed by atoms with E-state index in [-0.39, 0.29) is 11.9 Å². The smallest absolute Gasteiger partial charge is 0.276 e. The van der Waals surface area contributed by atoms with Crippen LogP contribution in [0.15, 0.2) is 55.0 Å². The lowest BCUT2D eigenvalue weighted by Crippen LogP contribution is -2.13. The molecule has 0 radical (unpaired) electrons. The standard InChI is InChI=1S/C18H21N5O/c1-14(2)23-13-16(12-19-23)20-18(24)17-9-11-22(21-17)10-8-15-6-4-3-5-7-15/h3-7,9,11-14H,8,10H2,1-2H3,(H,20,24). The molecule has 3 rings (SSSR count). The van der Waals surface area contributed by atoms with Gasteiger partial charge in [-0.3, -0.25) is 14.2 Å². The molecule has 0 aliphatic heterocycles. The fourth-order valence-electron chi connectivity index (χ4n) is 2.38. The average Bonchev–Trinajstić information content (AvgIpc) is 3.23. The number of rotatable bonds is 6. The van der Waals surface area contributed by atoms with Gasteiger partial charge >= 0.3 is 0 Å². The molecule has 2 aromatic heterocycles. The van der Waals surface area contributed by atoms with Gasteiger partial charge in [0.05, 0.1) is 11.9 Å². The van der Waals surface area contributed by atoms with E-state index in [2.05, 4.69) is 27.6 Å². The lowest BCUT2D eigenvalue weighted by molar-refractivity contribution is 0.102. The third-order valence-electron chi connectivity index (χ3n) is 3.73. The molecule has 3 aromatic rings. The summed E-state index contributed by atoms with van der Waals surface area (Å²) in [5.74, 6) is -0.225. The van der Waals surface area contributed by atoms with E-state index in [0.29, 0.717) is 11.4 Å². The molecule has 2 heterocycles. The number of nitrogens with zero attached hydrogens (tertiary/aromatic N) is 4. The van der Waals surface area contributed by atoms with Crippen molar-refractivity contribution in [2.45, 2.75) is 32.9 Å². The molecule has 0 bridgehead atoms. The van der Waals surface area contributed by atoms with Gasteiger partial charge in [0.15, 0.2) is 5.69 Å². The number of carbonyl (C=O) groups is 1. The van der Waals surface area contributed by atoms with Crippen molar-refractivity contribution in [1.29, 1.82) is 0 Å². The molecule has 0 spiro atoms. The quantitative estimate of drug-likeness (QED) is 0.758. The molecule has 0 fully saturated rings. The minimum absolute atomic E-state index is 0.225. The molecule has 1 aromatic carbocycles. The van der Waals surface area contributed by atoms with Gasteiger partial charge in [-0.25, -0.2) is 0 Å². The second-order valence-corrected chi connectivity index (χ2v) is 5.96. The van der Waals surface area contributed by atoms with Crippen LogP contribution in [-0.2, 0) is 13.0 Å². The third kappa shape index (κ3) is 3.90. The van der Waals surface area contributed by atoms with E-state index in [1.165, 1.54) is 5.56 Å². The molecule has 24 heavy (non-hydrogen) atoms. The van der Waals surface area contributed by atoms with E-state index in [4.69, 9.17) is 0 Å². The van der Waals surface area contributed by atoms with E-state index in [0.717, 1.165) is 13.0 Å². The van der Waals surface area contributed by atoms with Crippen molar-refractivity contribution in [2.24, 2.45) is 0 Å². The fourth-order valence-corrected chi connectivity index (χ4v) is 2.38. The number of hydrogen-bond donors (Lipinski definition) is 1. The highest BCUT2D eigenvalue weighted by molar-refractivity contribution is 6.02. The first-order valence-corrected chi connectivity index (χ1v) is 8.05. The Morgan fingerprint density at radius 3 is 2.71 bits per heavy atom. The first kappa shape index (κ1) is 16.0. The molecule has 0 unspecified atom stereocenters. The van der Waals surface area contributed by atoms with Crippen molar-refractivity contribution in [1.82, 2.24) is 19.6 Å². The van der Waals surface area contributed by atoms with Gasteiger partial charge in [-0.15, -0.1) is 0 Å². The third-order valence-corrected chi connectivity index (χ3v) is 3.73. The Balaban J connectivity index is 1.58. The Morgan fingerprint density at radius 2 is 2.00 bits per heavy atom.